The fourth-order valence-corrected chi connectivity index (χ4v) is 1.88. The van der Waals surface area contributed by atoms with Crippen LogP contribution in [0.5, 0.6) is 0 Å². The van der Waals surface area contributed by atoms with Gasteiger partial charge in [-0.15, -0.1) is 0 Å². The molecule has 0 spiro atoms. The van der Waals surface area contributed by atoms with Gasteiger partial charge in [-0.3, -0.25) is 4.79 Å². The van der Waals surface area contributed by atoms with Gasteiger partial charge in [0.1, 0.15) is 5.60 Å². The summed E-state index contributed by atoms with van der Waals surface area (Å²) < 4.78 is 10.8. The number of carboxylic acids is 1. The second-order valence-electron chi connectivity index (χ2n) is 5.71. The van der Waals surface area contributed by atoms with Crippen molar-refractivity contribution in [3.05, 3.63) is 0 Å². The maximum absolute atomic E-state index is 11.9. The van der Waals surface area contributed by atoms with Crippen molar-refractivity contribution >= 4 is 12.1 Å². The Balaban J connectivity index is 2.37. The Kier molecular flexibility index (Phi) is 5.60. The molecule has 0 bridgehead atoms. The normalized spacial score (nSPS) is 20.2. The summed E-state index contributed by atoms with van der Waals surface area (Å²) in [6, 6.07) is 0. The average Bonchev–Trinajstić information content (AvgIpc) is 2.26. The SMILES string of the molecule is CC(C)(C)OC(=O)N1CCCC(OCCC(=O)O)C1. The van der Waals surface area contributed by atoms with E-state index in [1.165, 1.54) is 0 Å². The molecule has 0 aromatic heterocycles. The van der Waals surface area contributed by atoms with E-state index in [0.29, 0.717) is 13.1 Å². The number of carbonyl (C=O) groups is 2. The molecule has 1 heterocycles. The molecule has 0 aromatic carbocycles. The van der Waals surface area contributed by atoms with Gasteiger partial charge in [0, 0.05) is 6.54 Å². The summed E-state index contributed by atoms with van der Waals surface area (Å²) in [5.74, 6) is -0.875. The summed E-state index contributed by atoms with van der Waals surface area (Å²) in [5, 5.41) is 8.55. The number of hydrogen-bond acceptors (Lipinski definition) is 4. The Bertz CT molecular complexity index is 323. The lowest BCUT2D eigenvalue weighted by atomic mass is 10.1. The van der Waals surface area contributed by atoms with Crippen molar-refractivity contribution < 1.29 is 24.2 Å². The molecule has 1 atom stereocenters. The quantitative estimate of drug-likeness (QED) is 0.846. The summed E-state index contributed by atoms with van der Waals surface area (Å²) in [7, 11) is 0. The van der Waals surface area contributed by atoms with Gasteiger partial charge < -0.3 is 19.5 Å². The third-order valence-electron chi connectivity index (χ3n) is 2.70. The van der Waals surface area contributed by atoms with E-state index < -0.39 is 11.6 Å². The topological polar surface area (TPSA) is 76.1 Å². The number of carboxylic acid groups (broad SMARTS) is 1. The maximum atomic E-state index is 11.9. The van der Waals surface area contributed by atoms with Crippen molar-refractivity contribution in [2.75, 3.05) is 19.7 Å². The number of rotatable bonds is 4. The van der Waals surface area contributed by atoms with E-state index in [1.807, 2.05) is 20.8 Å². The van der Waals surface area contributed by atoms with Crippen LogP contribution in [0.2, 0.25) is 0 Å². The van der Waals surface area contributed by atoms with Crippen molar-refractivity contribution in [3.8, 4) is 0 Å². The zero-order valence-corrected chi connectivity index (χ0v) is 11.8. The fourth-order valence-electron chi connectivity index (χ4n) is 1.88. The van der Waals surface area contributed by atoms with Crippen molar-refractivity contribution in [1.29, 1.82) is 0 Å². The summed E-state index contributed by atoms with van der Waals surface area (Å²) in [6.45, 7) is 6.80. The highest BCUT2D eigenvalue weighted by Crippen LogP contribution is 2.17. The lowest BCUT2D eigenvalue weighted by molar-refractivity contribution is -0.139. The van der Waals surface area contributed by atoms with E-state index in [-0.39, 0.29) is 25.2 Å². The van der Waals surface area contributed by atoms with Crippen LogP contribution in [0.4, 0.5) is 4.79 Å². The first-order valence-electron chi connectivity index (χ1n) is 6.59. The lowest BCUT2D eigenvalue weighted by Crippen LogP contribution is -2.45. The van der Waals surface area contributed by atoms with Crippen LogP contribution in [0, 0.1) is 0 Å². The predicted molar refractivity (Wildman–Crippen MR) is 69.0 cm³/mol. The Morgan fingerprint density at radius 3 is 2.63 bits per heavy atom. The summed E-state index contributed by atoms with van der Waals surface area (Å²) in [5.41, 5.74) is -0.506. The Labute approximate surface area is 113 Å². The lowest BCUT2D eigenvalue weighted by Gasteiger charge is -2.33. The molecular formula is C13H23NO5. The highest BCUT2D eigenvalue weighted by molar-refractivity contribution is 5.68. The molecule has 1 rings (SSSR count). The van der Waals surface area contributed by atoms with E-state index >= 15 is 0 Å². The molecule has 1 aliphatic rings. The van der Waals surface area contributed by atoms with Gasteiger partial charge in [-0.1, -0.05) is 0 Å². The first-order valence-corrected chi connectivity index (χ1v) is 6.59. The standard InChI is InChI=1S/C13H23NO5/c1-13(2,3)19-12(17)14-7-4-5-10(9-14)18-8-6-11(15)16/h10H,4-9H2,1-3H3,(H,15,16). The molecule has 1 fully saturated rings. The Hall–Kier alpha value is -1.30. The molecule has 0 aromatic rings. The molecule has 110 valence electrons. The third kappa shape index (κ3) is 6.42. The van der Waals surface area contributed by atoms with Crippen molar-refractivity contribution in [3.63, 3.8) is 0 Å². The van der Waals surface area contributed by atoms with Crippen LogP contribution < -0.4 is 0 Å². The number of ether oxygens (including phenoxy) is 2. The van der Waals surface area contributed by atoms with E-state index in [1.54, 1.807) is 4.90 Å². The van der Waals surface area contributed by atoms with Gasteiger partial charge in [0.15, 0.2) is 0 Å². The second kappa shape index (κ2) is 6.75. The maximum Gasteiger partial charge on any atom is 0.410 e. The number of nitrogens with zero attached hydrogens (tertiary/aromatic N) is 1. The molecule has 6 nitrogen and oxygen atoms in total. The molecular weight excluding hydrogens is 250 g/mol. The number of likely N-dealkylation sites (tertiary alicyclic amines) is 1. The van der Waals surface area contributed by atoms with Crippen molar-refractivity contribution in [2.45, 2.75) is 51.7 Å². The zero-order chi connectivity index (χ0) is 14.5. The second-order valence-corrected chi connectivity index (χ2v) is 5.71. The van der Waals surface area contributed by atoms with Crippen LogP contribution >= 0.6 is 0 Å². The molecule has 6 heteroatoms. The first-order chi connectivity index (χ1) is 8.78. The van der Waals surface area contributed by atoms with Gasteiger partial charge in [-0.2, -0.15) is 0 Å². The Morgan fingerprint density at radius 1 is 1.37 bits per heavy atom. The smallest absolute Gasteiger partial charge is 0.410 e. The number of carbonyl (C=O) groups excluding carboxylic acids is 1. The predicted octanol–water partition coefficient (Wildman–Crippen LogP) is 1.88. The number of amides is 1. The van der Waals surface area contributed by atoms with Crippen LogP contribution in [0.25, 0.3) is 0 Å². The molecule has 0 radical (unpaired) electrons. The molecule has 0 aliphatic carbocycles. The van der Waals surface area contributed by atoms with Crippen molar-refractivity contribution in [2.24, 2.45) is 0 Å². The highest BCUT2D eigenvalue weighted by Gasteiger charge is 2.27. The van der Waals surface area contributed by atoms with Crippen LogP contribution in [-0.2, 0) is 14.3 Å². The van der Waals surface area contributed by atoms with E-state index in [4.69, 9.17) is 14.6 Å². The average molecular weight is 273 g/mol. The number of piperidine rings is 1. The van der Waals surface area contributed by atoms with Crippen LogP contribution in [0.15, 0.2) is 0 Å². The monoisotopic (exact) mass is 273 g/mol. The third-order valence-corrected chi connectivity index (χ3v) is 2.70. The zero-order valence-electron chi connectivity index (χ0n) is 11.8. The molecule has 1 amide bonds. The van der Waals surface area contributed by atoms with Crippen LogP contribution in [-0.4, -0.2) is 53.5 Å². The largest absolute Gasteiger partial charge is 0.481 e. The first kappa shape index (κ1) is 15.8. The van der Waals surface area contributed by atoms with Gasteiger partial charge >= 0.3 is 12.1 Å². The molecule has 19 heavy (non-hydrogen) atoms. The fraction of sp³-hybridized carbons (Fsp3) is 0.846. The van der Waals surface area contributed by atoms with Crippen LogP contribution in [0.1, 0.15) is 40.0 Å². The van der Waals surface area contributed by atoms with E-state index in [9.17, 15) is 9.59 Å². The Morgan fingerprint density at radius 2 is 2.05 bits per heavy atom. The minimum atomic E-state index is -0.875. The van der Waals surface area contributed by atoms with Crippen molar-refractivity contribution in [1.82, 2.24) is 4.90 Å². The molecule has 1 N–H and O–H groups in total. The summed E-state index contributed by atoms with van der Waals surface area (Å²) in [6.07, 6.45) is 1.25. The van der Waals surface area contributed by atoms with Gasteiger partial charge in [0.25, 0.3) is 0 Å². The molecule has 1 saturated heterocycles. The highest BCUT2D eigenvalue weighted by atomic mass is 16.6. The van der Waals surface area contributed by atoms with Gasteiger partial charge in [-0.05, 0) is 33.6 Å². The summed E-state index contributed by atoms with van der Waals surface area (Å²) >= 11 is 0. The summed E-state index contributed by atoms with van der Waals surface area (Å²) in [4.78, 5) is 23.9. The molecule has 0 saturated carbocycles. The van der Waals surface area contributed by atoms with Crippen LogP contribution in [0.3, 0.4) is 0 Å². The molecule has 1 aliphatic heterocycles. The van der Waals surface area contributed by atoms with E-state index in [0.717, 1.165) is 12.8 Å². The van der Waals surface area contributed by atoms with Gasteiger partial charge in [0.05, 0.1) is 25.7 Å². The number of aliphatic carboxylic acids is 1. The molecule has 1 unspecified atom stereocenters. The van der Waals surface area contributed by atoms with E-state index in [2.05, 4.69) is 0 Å². The minimum absolute atomic E-state index is 0.0110. The number of hydrogen-bond donors (Lipinski definition) is 1. The van der Waals surface area contributed by atoms with Gasteiger partial charge in [-0.25, -0.2) is 4.79 Å². The van der Waals surface area contributed by atoms with Gasteiger partial charge in [0.2, 0.25) is 0 Å². The minimum Gasteiger partial charge on any atom is -0.481 e.